The minimum atomic E-state index is -0.150. The molecule has 1 saturated heterocycles. The molecule has 5 nitrogen and oxygen atoms in total. The van der Waals surface area contributed by atoms with Gasteiger partial charge in [0.2, 0.25) is 5.91 Å². The molecule has 0 aromatic carbocycles. The van der Waals surface area contributed by atoms with E-state index < -0.39 is 0 Å². The fourth-order valence-corrected chi connectivity index (χ4v) is 1.63. The molecule has 0 spiro atoms. The topological polar surface area (TPSA) is 64.6 Å². The van der Waals surface area contributed by atoms with E-state index in [0.717, 1.165) is 32.6 Å². The lowest BCUT2D eigenvalue weighted by molar-refractivity contribution is -0.123. The van der Waals surface area contributed by atoms with Crippen LogP contribution in [0.2, 0.25) is 0 Å². The highest BCUT2D eigenvalue weighted by molar-refractivity contribution is 5.78. The standard InChI is InChI=1S/C10H21N3O2/c1-9(8-14)12-10(15)7-13-5-2-3-11-4-6-13/h9,11,14H,2-8H2,1H3,(H,12,15)/t9-/m1/s1. The molecule has 0 saturated carbocycles. The van der Waals surface area contributed by atoms with E-state index in [9.17, 15) is 4.79 Å². The van der Waals surface area contributed by atoms with Gasteiger partial charge in [0.05, 0.1) is 13.2 Å². The van der Waals surface area contributed by atoms with Crippen molar-refractivity contribution < 1.29 is 9.90 Å². The molecule has 1 heterocycles. The summed E-state index contributed by atoms with van der Waals surface area (Å²) < 4.78 is 0. The van der Waals surface area contributed by atoms with Crippen molar-refractivity contribution in [3.05, 3.63) is 0 Å². The van der Waals surface area contributed by atoms with Crippen LogP contribution in [0, 0.1) is 0 Å². The average Bonchev–Trinajstić information content (AvgIpc) is 2.46. The van der Waals surface area contributed by atoms with Crippen molar-refractivity contribution in [3.8, 4) is 0 Å². The summed E-state index contributed by atoms with van der Waals surface area (Å²) in [6.07, 6.45) is 1.09. The second kappa shape index (κ2) is 6.76. The Morgan fingerprint density at radius 1 is 1.53 bits per heavy atom. The molecule has 0 unspecified atom stereocenters. The molecule has 0 bridgehead atoms. The van der Waals surface area contributed by atoms with Crippen molar-refractivity contribution >= 4 is 5.91 Å². The van der Waals surface area contributed by atoms with E-state index in [1.807, 2.05) is 0 Å². The number of rotatable bonds is 4. The lowest BCUT2D eigenvalue weighted by Gasteiger charge is -2.20. The minimum Gasteiger partial charge on any atom is -0.394 e. The SMILES string of the molecule is C[C@H](CO)NC(=O)CN1CCCNCC1. The molecule has 0 aromatic rings. The fraction of sp³-hybridized carbons (Fsp3) is 0.900. The number of hydrogen-bond acceptors (Lipinski definition) is 4. The van der Waals surface area contributed by atoms with E-state index >= 15 is 0 Å². The Morgan fingerprint density at radius 3 is 3.07 bits per heavy atom. The molecule has 0 radical (unpaired) electrons. The van der Waals surface area contributed by atoms with E-state index in [1.165, 1.54) is 0 Å². The Bertz CT molecular complexity index is 191. The van der Waals surface area contributed by atoms with Gasteiger partial charge in [0.15, 0.2) is 0 Å². The third kappa shape index (κ3) is 5.11. The highest BCUT2D eigenvalue weighted by atomic mass is 16.3. The van der Waals surface area contributed by atoms with E-state index in [1.54, 1.807) is 6.92 Å². The Labute approximate surface area is 90.8 Å². The monoisotopic (exact) mass is 215 g/mol. The molecule has 1 atom stereocenters. The van der Waals surface area contributed by atoms with Crippen LogP contribution in [0.15, 0.2) is 0 Å². The summed E-state index contributed by atoms with van der Waals surface area (Å²) in [6, 6.07) is -0.150. The normalized spacial score (nSPS) is 20.7. The van der Waals surface area contributed by atoms with Crippen molar-refractivity contribution in [3.63, 3.8) is 0 Å². The Morgan fingerprint density at radius 2 is 2.33 bits per heavy atom. The van der Waals surface area contributed by atoms with Gasteiger partial charge in [-0.05, 0) is 26.4 Å². The molecule has 3 N–H and O–H groups in total. The van der Waals surface area contributed by atoms with Gasteiger partial charge in [-0.3, -0.25) is 9.69 Å². The Balaban J connectivity index is 2.23. The smallest absolute Gasteiger partial charge is 0.234 e. The van der Waals surface area contributed by atoms with Gasteiger partial charge in [-0.15, -0.1) is 0 Å². The van der Waals surface area contributed by atoms with E-state index in [4.69, 9.17) is 5.11 Å². The first-order valence-electron chi connectivity index (χ1n) is 5.55. The van der Waals surface area contributed by atoms with Crippen LogP contribution in [-0.2, 0) is 4.79 Å². The zero-order chi connectivity index (χ0) is 11.1. The van der Waals surface area contributed by atoms with Gasteiger partial charge < -0.3 is 15.7 Å². The maximum Gasteiger partial charge on any atom is 0.234 e. The largest absolute Gasteiger partial charge is 0.394 e. The average molecular weight is 215 g/mol. The van der Waals surface area contributed by atoms with Crippen molar-refractivity contribution in [2.45, 2.75) is 19.4 Å². The summed E-state index contributed by atoms with van der Waals surface area (Å²) in [5.41, 5.74) is 0. The first-order chi connectivity index (χ1) is 7.22. The van der Waals surface area contributed by atoms with Gasteiger partial charge in [-0.25, -0.2) is 0 Å². The zero-order valence-electron chi connectivity index (χ0n) is 9.33. The van der Waals surface area contributed by atoms with Crippen molar-refractivity contribution in [2.24, 2.45) is 0 Å². The van der Waals surface area contributed by atoms with Crippen LogP contribution >= 0.6 is 0 Å². The van der Waals surface area contributed by atoms with Gasteiger partial charge in [0.25, 0.3) is 0 Å². The van der Waals surface area contributed by atoms with Crippen LogP contribution in [0.5, 0.6) is 0 Å². The number of amides is 1. The number of aliphatic hydroxyl groups is 1. The molecule has 1 fully saturated rings. The fourth-order valence-electron chi connectivity index (χ4n) is 1.63. The highest BCUT2D eigenvalue weighted by Crippen LogP contribution is 1.94. The summed E-state index contributed by atoms with van der Waals surface area (Å²) >= 11 is 0. The first-order valence-corrected chi connectivity index (χ1v) is 5.55. The van der Waals surface area contributed by atoms with Gasteiger partial charge >= 0.3 is 0 Å². The predicted molar refractivity (Wildman–Crippen MR) is 58.6 cm³/mol. The molecule has 1 aliphatic rings. The summed E-state index contributed by atoms with van der Waals surface area (Å²) in [4.78, 5) is 13.6. The lowest BCUT2D eigenvalue weighted by Crippen LogP contribution is -2.43. The van der Waals surface area contributed by atoms with Crippen LogP contribution in [0.3, 0.4) is 0 Å². The molecular weight excluding hydrogens is 194 g/mol. The van der Waals surface area contributed by atoms with Crippen LogP contribution < -0.4 is 10.6 Å². The van der Waals surface area contributed by atoms with Crippen LogP contribution in [0.25, 0.3) is 0 Å². The van der Waals surface area contributed by atoms with Crippen molar-refractivity contribution in [1.82, 2.24) is 15.5 Å². The van der Waals surface area contributed by atoms with Crippen molar-refractivity contribution in [1.29, 1.82) is 0 Å². The number of hydrogen-bond donors (Lipinski definition) is 3. The maximum atomic E-state index is 11.5. The van der Waals surface area contributed by atoms with Crippen LogP contribution in [0.1, 0.15) is 13.3 Å². The molecular formula is C10H21N3O2. The molecule has 0 aliphatic carbocycles. The van der Waals surface area contributed by atoms with E-state index in [-0.39, 0.29) is 18.6 Å². The Kier molecular flexibility index (Phi) is 5.60. The van der Waals surface area contributed by atoms with E-state index in [2.05, 4.69) is 15.5 Å². The molecule has 1 amide bonds. The minimum absolute atomic E-state index is 0.00144. The Hall–Kier alpha value is -0.650. The second-order valence-electron chi connectivity index (χ2n) is 4.03. The number of nitrogens with one attached hydrogen (secondary N) is 2. The predicted octanol–water partition coefficient (Wildman–Crippen LogP) is -1.22. The number of carbonyl (C=O) groups is 1. The van der Waals surface area contributed by atoms with Gasteiger partial charge in [-0.2, -0.15) is 0 Å². The molecule has 1 aliphatic heterocycles. The van der Waals surface area contributed by atoms with Crippen molar-refractivity contribution in [2.75, 3.05) is 39.3 Å². The zero-order valence-corrected chi connectivity index (χ0v) is 9.33. The molecule has 5 heteroatoms. The van der Waals surface area contributed by atoms with Gasteiger partial charge in [-0.1, -0.05) is 0 Å². The van der Waals surface area contributed by atoms with Crippen LogP contribution in [0.4, 0.5) is 0 Å². The quantitative estimate of drug-likeness (QED) is 0.550. The summed E-state index contributed by atoms with van der Waals surface area (Å²) in [5.74, 6) is -0.00144. The third-order valence-corrected chi connectivity index (χ3v) is 2.48. The number of carbonyl (C=O) groups excluding carboxylic acids is 1. The second-order valence-corrected chi connectivity index (χ2v) is 4.03. The third-order valence-electron chi connectivity index (χ3n) is 2.48. The molecule has 1 rings (SSSR count). The molecule has 88 valence electrons. The van der Waals surface area contributed by atoms with Gasteiger partial charge in [0.1, 0.15) is 0 Å². The lowest BCUT2D eigenvalue weighted by atomic mass is 10.3. The molecule has 0 aromatic heterocycles. The van der Waals surface area contributed by atoms with Crippen LogP contribution in [-0.4, -0.2) is 61.3 Å². The van der Waals surface area contributed by atoms with E-state index in [0.29, 0.717) is 6.54 Å². The van der Waals surface area contributed by atoms with Gasteiger partial charge in [0, 0.05) is 19.1 Å². The number of nitrogens with zero attached hydrogens (tertiary/aromatic N) is 1. The summed E-state index contributed by atoms with van der Waals surface area (Å²) in [5, 5.41) is 14.8. The maximum absolute atomic E-state index is 11.5. The first kappa shape index (κ1) is 12.4. The summed E-state index contributed by atoms with van der Waals surface area (Å²) in [7, 11) is 0. The highest BCUT2D eigenvalue weighted by Gasteiger charge is 2.13. The molecule has 15 heavy (non-hydrogen) atoms. The number of aliphatic hydroxyl groups excluding tert-OH is 1. The summed E-state index contributed by atoms with van der Waals surface area (Å²) in [6.45, 7) is 6.09.